The van der Waals surface area contributed by atoms with Crippen molar-refractivity contribution in [1.29, 1.82) is 0 Å². The molecule has 0 aromatic rings. The highest BCUT2D eigenvalue weighted by Gasteiger charge is 2.34. The molecule has 1 N–H and O–H groups in total. The Morgan fingerprint density at radius 3 is 2.67 bits per heavy atom. The summed E-state index contributed by atoms with van der Waals surface area (Å²) in [6, 6.07) is 0.0637. The fourth-order valence-corrected chi connectivity index (χ4v) is 3.12. The molecule has 2 rings (SSSR count). The fraction of sp³-hybridized carbons (Fsp3) is 0.923. The van der Waals surface area contributed by atoms with Gasteiger partial charge in [-0.25, -0.2) is 0 Å². The Hall–Kier alpha value is -0.650. The molecule has 0 amide bonds. The van der Waals surface area contributed by atoms with Gasteiger partial charge in [0.15, 0.2) is 0 Å². The summed E-state index contributed by atoms with van der Waals surface area (Å²) in [4.78, 5) is 15.8. The van der Waals surface area contributed by atoms with Crippen LogP contribution >= 0.6 is 0 Å². The predicted molar refractivity (Wildman–Crippen MR) is 68.7 cm³/mol. The number of likely N-dealkylation sites (tertiary alicyclic amines) is 2. The summed E-state index contributed by atoms with van der Waals surface area (Å²) in [7, 11) is 1.56. The second kappa shape index (κ2) is 6.50. The monoisotopic (exact) mass is 256 g/mol. The summed E-state index contributed by atoms with van der Waals surface area (Å²) < 4.78 is 5.02. The molecule has 5 heteroatoms. The molecule has 2 aliphatic rings. The molecule has 0 spiro atoms. The molecular formula is C13H24N2O3. The third-order valence-corrected chi connectivity index (χ3v) is 4.15. The van der Waals surface area contributed by atoms with Gasteiger partial charge in [-0.3, -0.25) is 14.6 Å². The van der Waals surface area contributed by atoms with Crippen molar-refractivity contribution in [3.63, 3.8) is 0 Å². The van der Waals surface area contributed by atoms with Crippen LogP contribution in [0.25, 0.3) is 0 Å². The Balaban J connectivity index is 1.87. The van der Waals surface area contributed by atoms with Crippen LogP contribution in [-0.2, 0) is 9.53 Å². The van der Waals surface area contributed by atoms with Gasteiger partial charge < -0.3 is 9.84 Å². The van der Waals surface area contributed by atoms with Crippen molar-refractivity contribution >= 4 is 5.97 Å². The van der Waals surface area contributed by atoms with E-state index in [1.165, 1.54) is 32.4 Å². The van der Waals surface area contributed by atoms with E-state index in [9.17, 15) is 9.90 Å². The van der Waals surface area contributed by atoms with Crippen LogP contribution in [0.1, 0.15) is 25.7 Å². The number of piperidine rings is 1. The van der Waals surface area contributed by atoms with Crippen LogP contribution in [0.4, 0.5) is 0 Å². The molecule has 5 nitrogen and oxygen atoms in total. The Kier molecular flexibility index (Phi) is 4.97. The molecule has 18 heavy (non-hydrogen) atoms. The first-order valence-corrected chi connectivity index (χ1v) is 6.92. The maximum atomic E-state index is 11.2. The number of carboxylic acids is 1. The molecule has 0 aromatic heterocycles. The van der Waals surface area contributed by atoms with Gasteiger partial charge in [-0.1, -0.05) is 6.42 Å². The SMILES string of the molecule is COCC(C(=O)O)N1CCC(N2CCCCC2)C1. The minimum Gasteiger partial charge on any atom is -0.480 e. The van der Waals surface area contributed by atoms with Crippen LogP contribution in [0.2, 0.25) is 0 Å². The lowest BCUT2D eigenvalue weighted by atomic mass is 10.1. The molecule has 2 fully saturated rings. The third-order valence-electron chi connectivity index (χ3n) is 4.15. The van der Waals surface area contributed by atoms with Gasteiger partial charge in [0, 0.05) is 26.2 Å². The lowest BCUT2D eigenvalue weighted by Crippen LogP contribution is -2.46. The van der Waals surface area contributed by atoms with E-state index in [0.717, 1.165) is 19.5 Å². The van der Waals surface area contributed by atoms with Crippen LogP contribution in [0.15, 0.2) is 0 Å². The third kappa shape index (κ3) is 3.22. The molecule has 2 unspecified atom stereocenters. The number of ether oxygens (including phenoxy) is 1. The van der Waals surface area contributed by atoms with Crippen molar-refractivity contribution in [1.82, 2.24) is 9.80 Å². The molecule has 0 saturated carbocycles. The molecule has 2 aliphatic heterocycles. The molecular weight excluding hydrogens is 232 g/mol. The Labute approximate surface area is 109 Å². The quantitative estimate of drug-likeness (QED) is 0.782. The summed E-state index contributed by atoms with van der Waals surface area (Å²) in [6.45, 7) is 4.39. The van der Waals surface area contributed by atoms with E-state index >= 15 is 0 Å². The average molecular weight is 256 g/mol. The largest absolute Gasteiger partial charge is 0.480 e. The zero-order chi connectivity index (χ0) is 13.0. The normalized spacial score (nSPS) is 28.4. The smallest absolute Gasteiger partial charge is 0.323 e. The number of carboxylic acid groups (broad SMARTS) is 1. The number of hydrogen-bond donors (Lipinski definition) is 1. The highest BCUT2D eigenvalue weighted by Crippen LogP contribution is 2.21. The topological polar surface area (TPSA) is 53.0 Å². The first-order valence-electron chi connectivity index (χ1n) is 6.92. The highest BCUT2D eigenvalue weighted by atomic mass is 16.5. The minimum absolute atomic E-state index is 0.280. The van der Waals surface area contributed by atoms with Crippen molar-refractivity contribution in [2.75, 3.05) is 39.9 Å². The first-order chi connectivity index (χ1) is 8.72. The van der Waals surface area contributed by atoms with Gasteiger partial charge >= 0.3 is 5.97 Å². The van der Waals surface area contributed by atoms with E-state index in [1.54, 1.807) is 7.11 Å². The lowest BCUT2D eigenvalue weighted by molar-refractivity contribution is -0.144. The van der Waals surface area contributed by atoms with Gasteiger partial charge in [0.05, 0.1) is 6.61 Å². The molecule has 0 radical (unpaired) electrons. The van der Waals surface area contributed by atoms with Crippen LogP contribution in [-0.4, -0.2) is 72.9 Å². The van der Waals surface area contributed by atoms with Gasteiger partial charge in [-0.15, -0.1) is 0 Å². The van der Waals surface area contributed by atoms with E-state index in [0.29, 0.717) is 6.04 Å². The summed E-state index contributed by atoms with van der Waals surface area (Å²) in [5.41, 5.74) is 0. The molecule has 0 aliphatic carbocycles. The van der Waals surface area contributed by atoms with Gasteiger partial charge in [0.25, 0.3) is 0 Å². The van der Waals surface area contributed by atoms with Crippen molar-refractivity contribution in [3.8, 4) is 0 Å². The summed E-state index contributed by atoms with van der Waals surface area (Å²) in [5, 5.41) is 9.23. The van der Waals surface area contributed by atoms with E-state index in [-0.39, 0.29) is 6.61 Å². The zero-order valence-corrected chi connectivity index (χ0v) is 11.2. The molecule has 2 saturated heterocycles. The van der Waals surface area contributed by atoms with Gasteiger partial charge in [-0.2, -0.15) is 0 Å². The molecule has 2 heterocycles. The zero-order valence-electron chi connectivity index (χ0n) is 11.2. The molecule has 0 bridgehead atoms. The fourth-order valence-electron chi connectivity index (χ4n) is 3.12. The van der Waals surface area contributed by atoms with Crippen molar-refractivity contribution < 1.29 is 14.6 Å². The van der Waals surface area contributed by atoms with Gasteiger partial charge in [0.2, 0.25) is 0 Å². The van der Waals surface area contributed by atoms with Crippen molar-refractivity contribution in [2.24, 2.45) is 0 Å². The number of aliphatic carboxylic acids is 1. The summed E-state index contributed by atoms with van der Waals surface area (Å²) in [6.07, 6.45) is 5.01. The van der Waals surface area contributed by atoms with Crippen LogP contribution in [0, 0.1) is 0 Å². The van der Waals surface area contributed by atoms with E-state index in [1.807, 2.05) is 0 Å². The minimum atomic E-state index is -0.767. The van der Waals surface area contributed by atoms with Crippen LogP contribution in [0.5, 0.6) is 0 Å². The van der Waals surface area contributed by atoms with Gasteiger partial charge in [0.1, 0.15) is 6.04 Å². The number of rotatable bonds is 5. The lowest BCUT2D eigenvalue weighted by Gasteiger charge is -2.32. The number of methoxy groups -OCH3 is 1. The Bertz CT molecular complexity index is 279. The van der Waals surface area contributed by atoms with Crippen LogP contribution in [0.3, 0.4) is 0 Å². The summed E-state index contributed by atoms with van der Waals surface area (Å²) in [5.74, 6) is -0.767. The predicted octanol–water partition coefficient (Wildman–Crippen LogP) is 0.646. The van der Waals surface area contributed by atoms with E-state index in [2.05, 4.69) is 9.80 Å². The maximum absolute atomic E-state index is 11.2. The number of hydrogen-bond acceptors (Lipinski definition) is 4. The molecule has 0 aromatic carbocycles. The second-order valence-corrected chi connectivity index (χ2v) is 5.34. The Morgan fingerprint density at radius 2 is 2.06 bits per heavy atom. The molecule has 2 atom stereocenters. The van der Waals surface area contributed by atoms with Crippen LogP contribution < -0.4 is 0 Å². The standard InChI is InChI=1S/C13H24N2O3/c1-18-10-12(13(16)17)15-8-5-11(9-15)14-6-3-2-4-7-14/h11-12H,2-10H2,1H3,(H,16,17). The number of nitrogens with zero attached hydrogens (tertiary/aromatic N) is 2. The van der Waals surface area contributed by atoms with Gasteiger partial charge in [-0.05, 0) is 32.4 Å². The Morgan fingerprint density at radius 1 is 1.33 bits per heavy atom. The average Bonchev–Trinajstić information content (AvgIpc) is 2.86. The first kappa shape index (κ1) is 13.8. The van der Waals surface area contributed by atoms with E-state index in [4.69, 9.17) is 4.74 Å². The second-order valence-electron chi connectivity index (χ2n) is 5.34. The number of carbonyl (C=O) groups is 1. The summed E-state index contributed by atoms with van der Waals surface area (Å²) >= 11 is 0. The van der Waals surface area contributed by atoms with Crippen molar-refractivity contribution in [3.05, 3.63) is 0 Å². The van der Waals surface area contributed by atoms with E-state index < -0.39 is 12.0 Å². The molecule has 104 valence electrons. The van der Waals surface area contributed by atoms with Crippen molar-refractivity contribution in [2.45, 2.75) is 37.8 Å². The maximum Gasteiger partial charge on any atom is 0.323 e. The highest BCUT2D eigenvalue weighted by molar-refractivity contribution is 5.73.